The predicted molar refractivity (Wildman–Crippen MR) is 147 cm³/mol. The highest BCUT2D eigenvalue weighted by molar-refractivity contribution is 5.60. The van der Waals surface area contributed by atoms with Gasteiger partial charge in [0.25, 0.3) is 0 Å². The first-order chi connectivity index (χ1) is 18.0. The summed E-state index contributed by atoms with van der Waals surface area (Å²) in [5, 5.41) is 41.2. The van der Waals surface area contributed by atoms with Crippen LogP contribution in [-0.2, 0) is 27.5 Å². The van der Waals surface area contributed by atoms with E-state index in [0.29, 0.717) is 37.5 Å². The maximum absolute atomic E-state index is 10.2. The summed E-state index contributed by atoms with van der Waals surface area (Å²) < 4.78 is 12.2. The van der Waals surface area contributed by atoms with Crippen molar-refractivity contribution in [3.63, 3.8) is 0 Å². The van der Waals surface area contributed by atoms with Crippen LogP contribution < -0.4 is 14.9 Å². The minimum absolute atomic E-state index is 0.0456. The van der Waals surface area contributed by atoms with E-state index in [-0.39, 0.29) is 12.4 Å². The van der Waals surface area contributed by atoms with Crippen LogP contribution in [0.25, 0.3) is 0 Å². The summed E-state index contributed by atoms with van der Waals surface area (Å²) in [6.07, 6.45) is 3.63. The normalized spacial score (nSPS) is 12.1. The average molecular weight is 535 g/mol. The summed E-state index contributed by atoms with van der Waals surface area (Å²) in [5.74, 6) is -1.04. The topological polar surface area (TPSA) is 131 Å². The number of nitrogens with one attached hydrogen (secondary N) is 1. The minimum Gasteiger partial charge on any atom is -0.550 e. The molecule has 214 valence electrons. The molecule has 38 heavy (non-hydrogen) atoms. The van der Waals surface area contributed by atoms with E-state index >= 15 is 0 Å². The lowest BCUT2D eigenvalue weighted by molar-refractivity contribution is -0.302. The molecular weight excluding hydrogens is 488 g/mol. The van der Waals surface area contributed by atoms with Crippen LogP contribution in [0.5, 0.6) is 5.75 Å². The van der Waals surface area contributed by atoms with Crippen LogP contribution in [0.2, 0.25) is 0 Å². The number of carboxylic acid groups (broad SMARTS) is 1. The molecule has 0 aliphatic carbocycles. The fourth-order valence-corrected chi connectivity index (χ4v) is 3.58. The second-order valence-corrected chi connectivity index (χ2v) is 10.0. The van der Waals surface area contributed by atoms with Crippen LogP contribution in [-0.4, -0.2) is 75.3 Å². The van der Waals surface area contributed by atoms with Gasteiger partial charge in [0, 0.05) is 30.8 Å². The highest BCUT2D eigenvalue weighted by Crippen LogP contribution is 2.22. The number of unbranched alkanes of at least 4 members (excludes halogenated alkanes) is 3. The molecule has 2 rings (SSSR count). The molecule has 0 amide bonds. The van der Waals surface area contributed by atoms with Crippen LogP contribution in [0.4, 0.5) is 5.69 Å². The van der Waals surface area contributed by atoms with E-state index < -0.39 is 12.1 Å². The maximum atomic E-state index is 10.2. The number of carbonyl (C=O) groups excluding carboxylic acids is 1. The fourth-order valence-electron chi connectivity index (χ4n) is 3.58. The molecular formula is C29H46N2O7. The van der Waals surface area contributed by atoms with Gasteiger partial charge in [0.2, 0.25) is 0 Å². The quantitative estimate of drug-likeness (QED) is 0.180. The van der Waals surface area contributed by atoms with E-state index in [0.717, 1.165) is 50.2 Å². The van der Waals surface area contributed by atoms with Gasteiger partial charge in [0.1, 0.15) is 11.4 Å². The number of aromatic hydroxyl groups is 1. The zero-order chi connectivity index (χ0) is 28.4. The van der Waals surface area contributed by atoms with Gasteiger partial charge in [-0.25, -0.2) is 0 Å². The molecule has 1 atom stereocenters. The lowest BCUT2D eigenvalue weighted by atomic mass is 10.1. The Morgan fingerprint density at radius 3 is 2.37 bits per heavy atom. The Morgan fingerprint density at radius 2 is 1.68 bits per heavy atom. The summed E-state index contributed by atoms with van der Waals surface area (Å²) in [6, 6.07) is 13.3. The molecule has 0 fully saturated rings. The SMILES string of the molecule is CC(=O)[O-].C[N+](C)(C)c1cccc(COCCOCCCCCCNC[C@H](O)c2ccc(O)c(CO)c2)c1. The summed E-state index contributed by atoms with van der Waals surface area (Å²) in [4.78, 5) is 8.89. The largest absolute Gasteiger partial charge is 0.550 e. The summed E-state index contributed by atoms with van der Waals surface area (Å²) in [5.41, 5.74) is 3.56. The zero-order valence-corrected chi connectivity index (χ0v) is 23.3. The Hall–Kier alpha value is -2.53. The number of nitrogens with zero attached hydrogens (tertiary/aromatic N) is 1. The van der Waals surface area contributed by atoms with Gasteiger partial charge in [0.05, 0.1) is 53.7 Å². The monoisotopic (exact) mass is 534 g/mol. The van der Waals surface area contributed by atoms with Gasteiger partial charge in [-0.05, 0) is 55.6 Å². The summed E-state index contributed by atoms with van der Waals surface area (Å²) >= 11 is 0. The molecule has 2 aromatic rings. The second kappa shape index (κ2) is 18.7. The van der Waals surface area contributed by atoms with Crippen LogP contribution in [0.15, 0.2) is 42.5 Å². The van der Waals surface area contributed by atoms with Crippen LogP contribution in [0.1, 0.15) is 55.4 Å². The molecule has 0 radical (unpaired) electrons. The maximum Gasteiger partial charge on any atom is 0.132 e. The van der Waals surface area contributed by atoms with Crippen molar-refractivity contribution in [3.8, 4) is 5.75 Å². The van der Waals surface area contributed by atoms with Crippen molar-refractivity contribution in [2.45, 2.75) is 51.9 Å². The Kier molecular flexibility index (Phi) is 16.5. The van der Waals surface area contributed by atoms with Crippen LogP contribution in [0, 0.1) is 0 Å². The van der Waals surface area contributed by atoms with Crippen molar-refractivity contribution >= 4 is 11.7 Å². The number of ether oxygens (including phenoxy) is 2. The van der Waals surface area contributed by atoms with Gasteiger partial charge < -0.3 is 40.0 Å². The first-order valence-electron chi connectivity index (χ1n) is 13.1. The highest BCUT2D eigenvalue weighted by Gasteiger charge is 2.12. The summed E-state index contributed by atoms with van der Waals surface area (Å²) in [7, 11) is 6.47. The third-order valence-corrected chi connectivity index (χ3v) is 5.71. The molecule has 0 unspecified atom stereocenters. The summed E-state index contributed by atoms with van der Waals surface area (Å²) in [6.45, 7) is 4.58. The number of aliphatic carboxylic acids is 1. The number of carbonyl (C=O) groups is 1. The molecule has 4 N–H and O–H groups in total. The number of benzene rings is 2. The molecule has 0 saturated heterocycles. The lowest BCUT2D eigenvalue weighted by Gasteiger charge is -2.23. The predicted octanol–water partition coefficient (Wildman–Crippen LogP) is 2.25. The Labute approximate surface area is 227 Å². The molecule has 9 nitrogen and oxygen atoms in total. The number of quaternary nitrogens is 1. The number of aliphatic hydroxyl groups excluding tert-OH is 2. The third kappa shape index (κ3) is 15.0. The van der Waals surface area contributed by atoms with Crippen LogP contribution >= 0.6 is 0 Å². The van der Waals surface area contributed by atoms with E-state index in [1.807, 2.05) is 0 Å². The van der Waals surface area contributed by atoms with Crippen molar-refractivity contribution in [2.75, 3.05) is 54.1 Å². The second-order valence-electron chi connectivity index (χ2n) is 10.0. The van der Waals surface area contributed by atoms with E-state index in [1.165, 1.54) is 17.3 Å². The van der Waals surface area contributed by atoms with Crippen LogP contribution in [0.3, 0.4) is 0 Å². The van der Waals surface area contributed by atoms with Gasteiger partial charge in [-0.1, -0.05) is 31.0 Å². The minimum atomic E-state index is -1.08. The smallest absolute Gasteiger partial charge is 0.132 e. The molecule has 2 aromatic carbocycles. The van der Waals surface area contributed by atoms with Crippen molar-refractivity contribution in [1.29, 1.82) is 0 Å². The number of phenols is 1. The highest BCUT2D eigenvalue weighted by atomic mass is 16.5. The Balaban J connectivity index is 0.00000168. The zero-order valence-electron chi connectivity index (χ0n) is 23.3. The van der Waals surface area contributed by atoms with E-state index in [4.69, 9.17) is 19.4 Å². The number of carboxylic acids is 1. The molecule has 0 aliphatic heterocycles. The molecule has 0 spiro atoms. The number of hydrogen-bond donors (Lipinski definition) is 4. The lowest BCUT2D eigenvalue weighted by Crippen LogP contribution is -2.34. The number of rotatable bonds is 17. The molecule has 0 aliphatic rings. The Bertz CT molecular complexity index is 927. The fraction of sp³-hybridized carbons (Fsp3) is 0.552. The van der Waals surface area contributed by atoms with Crippen molar-refractivity contribution in [3.05, 3.63) is 59.2 Å². The number of hydrogen-bond acceptors (Lipinski definition) is 8. The van der Waals surface area contributed by atoms with E-state index in [1.54, 1.807) is 12.1 Å². The van der Waals surface area contributed by atoms with Crippen molar-refractivity contribution in [1.82, 2.24) is 9.80 Å². The molecule has 9 heteroatoms. The molecule has 0 bridgehead atoms. The van der Waals surface area contributed by atoms with Crippen molar-refractivity contribution in [2.24, 2.45) is 0 Å². The molecule has 0 saturated carbocycles. The standard InChI is InChI=1S/C27H42N2O5.C2H4O2/c1-29(2,3)25-10-8-9-22(17-25)21-34-16-15-33-14-7-5-4-6-13-28-19-27(32)23-11-12-26(31)24(18-23)20-30;1-2(3)4/h8-12,17-18,27-28,30,32H,4-7,13-16,19-21H2,1-3H3;1H3,(H,3,4)/t27-;/m0./s1. The molecule has 0 aromatic heterocycles. The first kappa shape index (κ1) is 33.5. The van der Waals surface area contributed by atoms with E-state index in [2.05, 4.69) is 50.7 Å². The van der Waals surface area contributed by atoms with Gasteiger partial charge in [-0.3, -0.25) is 4.48 Å². The number of aliphatic hydroxyl groups is 2. The van der Waals surface area contributed by atoms with Gasteiger partial charge >= 0.3 is 0 Å². The van der Waals surface area contributed by atoms with Gasteiger partial charge in [0.15, 0.2) is 0 Å². The molecule has 0 heterocycles. The Morgan fingerprint density at radius 1 is 1.00 bits per heavy atom. The van der Waals surface area contributed by atoms with Gasteiger partial charge in [-0.2, -0.15) is 0 Å². The first-order valence-corrected chi connectivity index (χ1v) is 13.1. The average Bonchev–Trinajstić information content (AvgIpc) is 2.86. The van der Waals surface area contributed by atoms with Crippen molar-refractivity contribution < 1.29 is 34.7 Å². The van der Waals surface area contributed by atoms with Gasteiger partial charge in [-0.15, -0.1) is 0 Å². The third-order valence-electron chi connectivity index (χ3n) is 5.71. The van der Waals surface area contributed by atoms with E-state index in [9.17, 15) is 15.3 Å².